The number of rotatable bonds is 4. The van der Waals surface area contributed by atoms with Gasteiger partial charge in [-0.1, -0.05) is 12.1 Å². The van der Waals surface area contributed by atoms with E-state index in [2.05, 4.69) is 4.74 Å². The highest BCUT2D eigenvalue weighted by Crippen LogP contribution is 2.35. The molecular weight excluding hydrogens is 260 g/mol. The van der Waals surface area contributed by atoms with E-state index in [4.69, 9.17) is 9.47 Å². The highest BCUT2D eigenvalue weighted by atomic mass is 16.5. The summed E-state index contributed by atoms with van der Waals surface area (Å²) in [6, 6.07) is 8.96. The second-order valence-electron chi connectivity index (χ2n) is 4.19. The highest BCUT2D eigenvalue weighted by Gasteiger charge is 2.24. The Bertz CT molecular complexity index is 630. The Labute approximate surface area is 116 Å². The summed E-state index contributed by atoms with van der Waals surface area (Å²) in [5.74, 6) is 0.311. The van der Waals surface area contributed by atoms with E-state index in [1.54, 1.807) is 19.2 Å². The molecule has 20 heavy (non-hydrogen) atoms. The fourth-order valence-electron chi connectivity index (χ4n) is 2.12. The molecule has 1 unspecified atom stereocenters. The van der Waals surface area contributed by atoms with Gasteiger partial charge in [0.1, 0.15) is 11.5 Å². The van der Waals surface area contributed by atoms with E-state index in [9.17, 15) is 9.90 Å². The number of hydrogen-bond donors (Lipinski definition) is 1. The first kappa shape index (κ1) is 14.1. The zero-order chi connectivity index (χ0) is 14.7. The smallest absolute Gasteiger partial charge is 0.339 e. The Morgan fingerprint density at radius 2 is 1.80 bits per heavy atom. The van der Waals surface area contributed by atoms with Gasteiger partial charge < -0.3 is 19.3 Å². The number of carbonyl (C=O) groups excluding carboxylic acids is 1. The normalized spacial score (nSPS) is 12.0. The van der Waals surface area contributed by atoms with Gasteiger partial charge in [-0.25, -0.2) is 4.79 Å². The first-order valence-electron chi connectivity index (χ1n) is 6.03. The Kier molecular flexibility index (Phi) is 4.10. The van der Waals surface area contributed by atoms with Crippen molar-refractivity contribution in [3.05, 3.63) is 35.9 Å². The number of hydrogen-bond acceptors (Lipinski definition) is 5. The van der Waals surface area contributed by atoms with Crippen LogP contribution in [0.1, 0.15) is 11.7 Å². The summed E-state index contributed by atoms with van der Waals surface area (Å²) >= 11 is 0. The van der Waals surface area contributed by atoms with Crippen LogP contribution in [0.3, 0.4) is 0 Å². The van der Waals surface area contributed by atoms with Crippen molar-refractivity contribution >= 4 is 16.7 Å². The molecule has 0 aromatic heterocycles. The number of aliphatic hydroxyl groups excluding tert-OH is 1. The van der Waals surface area contributed by atoms with Crippen molar-refractivity contribution < 1.29 is 24.1 Å². The minimum atomic E-state index is -1.41. The molecule has 106 valence electrons. The topological polar surface area (TPSA) is 65.0 Å². The molecular formula is C15H16O5. The predicted octanol–water partition coefficient (Wildman–Crippen LogP) is 2.06. The van der Waals surface area contributed by atoms with E-state index in [1.807, 2.05) is 18.2 Å². The quantitative estimate of drug-likeness (QED) is 0.866. The number of benzene rings is 2. The van der Waals surface area contributed by atoms with Gasteiger partial charge in [-0.05, 0) is 29.0 Å². The van der Waals surface area contributed by atoms with Gasteiger partial charge in [0.25, 0.3) is 0 Å². The summed E-state index contributed by atoms with van der Waals surface area (Å²) in [5, 5.41) is 11.7. The summed E-state index contributed by atoms with van der Waals surface area (Å²) in [5.41, 5.74) is 0.371. The third-order valence-corrected chi connectivity index (χ3v) is 3.15. The van der Waals surface area contributed by atoms with Crippen LogP contribution in [0.5, 0.6) is 11.5 Å². The Balaban J connectivity index is 2.72. The van der Waals surface area contributed by atoms with E-state index in [0.29, 0.717) is 22.4 Å². The summed E-state index contributed by atoms with van der Waals surface area (Å²) < 4.78 is 15.0. The van der Waals surface area contributed by atoms with Gasteiger partial charge in [0, 0.05) is 5.56 Å². The van der Waals surface area contributed by atoms with Gasteiger partial charge in [-0.3, -0.25) is 0 Å². The van der Waals surface area contributed by atoms with Crippen molar-refractivity contribution in [3.8, 4) is 11.5 Å². The first-order chi connectivity index (χ1) is 9.62. The Morgan fingerprint density at radius 3 is 2.40 bits per heavy atom. The molecule has 1 atom stereocenters. The Morgan fingerprint density at radius 1 is 1.10 bits per heavy atom. The fourth-order valence-corrected chi connectivity index (χ4v) is 2.12. The maximum atomic E-state index is 11.6. The van der Waals surface area contributed by atoms with Gasteiger partial charge in [0.05, 0.1) is 21.3 Å². The zero-order valence-corrected chi connectivity index (χ0v) is 11.5. The van der Waals surface area contributed by atoms with Crippen molar-refractivity contribution in [2.45, 2.75) is 6.10 Å². The second kappa shape index (κ2) is 5.79. The average Bonchev–Trinajstić information content (AvgIpc) is 2.51. The van der Waals surface area contributed by atoms with Crippen molar-refractivity contribution in [3.63, 3.8) is 0 Å². The SMILES string of the molecule is COC(=O)C(O)c1c(OC)ccc2ccc(OC)cc12. The Hall–Kier alpha value is -2.27. The van der Waals surface area contributed by atoms with Crippen molar-refractivity contribution in [2.75, 3.05) is 21.3 Å². The summed E-state index contributed by atoms with van der Waals surface area (Å²) in [4.78, 5) is 11.6. The summed E-state index contributed by atoms with van der Waals surface area (Å²) in [7, 11) is 4.26. The molecule has 2 rings (SSSR count). The molecule has 0 amide bonds. The van der Waals surface area contributed by atoms with Crippen LogP contribution in [0.2, 0.25) is 0 Å². The van der Waals surface area contributed by atoms with Crippen LogP contribution in [0.4, 0.5) is 0 Å². The largest absolute Gasteiger partial charge is 0.497 e. The van der Waals surface area contributed by atoms with Crippen molar-refractivity contribution in [1.82, 2.24) is 0 Å². The lowest BCUT2D eigenvalue weighted by atomic mass is 9.99. The molecule has 1 N–H and O–H groups in total. The summed E-state index contributed by atoms with van der Waals surface area (Å²) in [6.45, 7) is 0. The molecule has 0 aliphatic rings. The average molecular weight is 276 g/mol. The molecule has 5 heteroatoms. The monoisotopic (exact) mass is 276 g/mol. The van der Waals surface area contributed by atoms with Gasteiger partial charge in [-0.15, -0.1) is 0 Å². The van der Waals surface area contributed by atoms with Crippen LogP contribution >= 0.6 is 0 Å². The lowest BCUT2D eigenvalue weighted by Gasteiger charge is -2.16. The van der Waals surface area contributed by atoms with E-state index in [1.165, 1.54) is 14.2 Å². The molecule has 0 aliphatic carbocycles. The molecule has 0 fully saturated rings. The number of fused-ring (bicyclic) bond motifs is 1. The number of aliphatic hydroxyl groups is 1. The minimum Gasteiger partial charge on any atom is -0.497 e. The van der Waals surface area contributed by atoms with Crippen LogP contribution < -0.4 is 9.47 Å². The van der Waals surface area contributed by atoms with Crippen LogP contribution in [0.25, 0.3) is 10.8 Å². The van der Waals surface area contributed by atoms with Gasteiger partial charge in [0.15, 0.2) is 6.10 Å². The van der Waals surface area contributed by atoms with Gasteiger partial charge >= 0.3 is 5.97 Å². The van der Waals surface area contributed by atoms with Crippen molar-refractivity contribution in [1.29, 1.82) is 0 Å². The van der Waals surface area contributed by atoms with Crippen LogP contribution in [0.15, 0.2) is 30.3 Å². The first-order valence-corrected chi connectivity index (χ1v) is 6.03. The van der Waals surface area contributed by atoms with Gasteiger partial charge in [0.2, 0.25) is 0 Å². The molecule has 2 aromatic carbocycles. The molecule has 5 nitrogen and oxygen atoms in total. The minimum absolute atomic E-state index is 0.371. The van der Waals surface area contributed by atoms with E-state index in [0.717, 1.165) is 5.39 Å². The maximum absolute atomic E-state index is 11.6. The zero-order valence-electron chi connectivity index (χ0n) is 11.5. The number of ether oxygens (including phenoxy) is 3. The number of carbonyl (C=O) groups is 1. The van der Waals surface area contributed by atoms with Gasteiger partial charge in [-0.2, -0.15) is 0 Å². The summed E-state index contributed by atoms with van der Waals surface area (Å²) in [6.07, 6.45) is -1.41. The van der Waals surface area contributed by atoms with Crippen LogP contribution in [0, 0.1) is 0 Å². The lowest BCUT2D eigenvalue weighted by molar-refractivity contribution is -0.150. The number of methoxy groups -OCH3 is 3. The third-order valence-electron chi connectivity index (χ3n) is 3.15. The molecule has 0 saturated carbocycles. The molecule has 0 spiro atoms. The molecule has 0 saturated heterocycles. The molecule has 0 radical (unpaired) electrons. The standard InChI is InChI=1S/C15H16O5/c1-18-10-6-4-9-5-7-12(19-2)13(11(9)8-10)14(16)15(17)20-3/h4-8,14,16H,1-3H3. The van der Waals surface area contributed by atoms with Crippen LogP contribution in [-0.4, -0.2) is 32.4 Å². The number of esters is 1. The predicted molar refractivity (Wildman–Crippen MR) is 74.0 cm³/mol. The van der Waals surface area contributed by atoms with E-state index in [-0.39, 0.29) is 0 Å². The van der Waals surface area contributed by atoms with Crippen molar-refractivity contribution in [2.24, 2.45) is 0 Å². The lowest BCUT2D eigenvalue weighted by Crippen LogP contribution is -2.15. The van der Waals surface area contributed by atoms with Crippen LogP contribution in [-0.2, 0) is 9.53 Å². The highest BCUT2D eigenvalue weighted by molar-refractivity contribution is 5.93. The molecule has 0 aliphatic heterocycles. The molecule has 0 heterocycles. The molecule has 0 bridgehead atoms. The molecule has 2 aromatic rings. The second-order valence-corrected chi connectivity index (χ2v) is 4.19. The van der Waals surface area contributed by atoms with E-state index >= 15 is 0 Å². The maximum Gasteiger partial charge on any atom is 0.339 e. The third kappa shape index (κ3) is 2.40. The van der Waals surface area contributed by atoms with E-state index < -0.39 is 12.1 Å². The fraction of sp³-hybridized carbons (Fsp3) is 0.267.